The number of ketones is 1. The van der Waals surface area contributed by atoms with Crippen LogP contribution < -0.4 is 4.74 Å². The number of benzene rings is 1. The lowest BCUT2D eigenvalue weighted by Crippen LogP contribution is -2.46. The van der Waals surface area contributed by atoms with Crippen LogP contribution in [0.3, 0.4) is 0 Å². The lowest BCUT2D eigenvalue weighted by molar-refractivity contribution is 0.0796. The van der Waals surface area contributed by atoms with E-state index < -0.39 is 20.5 Å². The average molecular weight is 545 g/mol. The van der Waals surface area contributed by atoms with Crippen LogP contribution in [0.25, 0.3) is 11.8 Å². The molecule has 1 aromatic carbocycles. The number of allylic oxidation sites excluding steroid dienone is 1. The van der Waals surface area contributed by atoms with Crippen molar-refractivity contribution in [3.8, 4) is 11.4 Å². The molecule has 0 aliphatic heterocycles. The zero-order chi connectivity index (χ0) is 27.2. The molecular weight excluding hydrogens is 519 g/mol. The van der Waals surface area contributed by atoms with Crippen molar-refractivity contribution in [2.45, 2.75) is 36.0 Å². The second kappa shape index (κ2) is 9.53. The van der Waals surface area contributed by atoms with Gasteiger partial charge in [-0.3, -0.25) is 4.79 Å². The van der Waals surface area contributed by atoms with Crippen molar-refractivity contribution in [1.82, 2.24) is 19.7 Å². The van der Waals surface area contributed by atoms with Gasteiger partial charge in [0.15, 0.2) is 20.6 Å². The van der Waals surface area contributed by atoms with Crippen LogP contribution in [0.5, 0.6) is 5.75 Å². The molecule has 10 heteroatoms. The Morgan fingerprint density at radius 2 is 1.90 bits per heavy atom. The monoisotopic (exact) mass is 544 g/mol. The van der Waals surface area contributed by atoms with E-state index in [1.54, 1.807) is 47.3 Å². The van der Waals surface area contributed by atoms with E-state index in [1.807, 2.05) is 6.08 Å². The van der Waals surface area contributed by atoms with E-state index in [0.717, 1.165) is 16.8 Å². The number of hydrogen-bond acceptors (Lipinski definition) is 7. The maximum Gasteiger partial charge on any atom is 0.198 e. The van der Waals surface area contributed by atoms with Gasteiger partial charge in [-0.05, 0) is 85.9 Å². The van der Waals surface area contributed by atoms with Gasteiger partial charge in [0.2, 0.25) is 0 Å². The lowest BCUT2D eigenvalue weighted by Gasteiger charge is -2.43. The molecule has 8 nitrogen and oxygen atoms in total. The number of halogens is 1. The van der Waals surface area contributed by atoms with E-state index in [-0.39, 0.29) is 35.2 Å². The van der Waals surface area contributed by atoms with E-state index in [4.69, 9.17) is 4.74 Å². The highest BCUT2D eigenvalue weighted by Crippen LogP contribution is 2.51. The molecule has 0 bridgehead atoms. The van der Waals surface area contributed by atoms with Gasteiger partial charge in [-0.25, -0.2) is 27.5 Å². The number of pyridine rings is 2. The second-order valence-electron chi connectivity index (χ2n) is 9.86. The minimum atomic E-state index is -3.78. The molecule has 4 aromatic rings. The first-order chi connectivity index (χ1) is 18.8. The third kappa shape index (κ3) is 4.24. The standard InChI is InChI=1S/C29H25FN4O4S/c1-38-23-10-12-25(32-18-23)28(35)29-15-19-17-33-34(22-8-6-21(30)7-9-22)26(19)14-20(29)5-11-24(16-29)39(36,37)27-4-2-3-13-31-27/h2-4,6-10,12-14,17-18,24H,5,11,15-16H2,1H3/t24-,29-/m0/s1. The normalized spacial score (nSPS) is 20.5. The fraction of sp³-hybridized carbons (Fsp3) is 0.241. The predicted octanol–water partition coefficient (Wildman–Crippen LogP) is 4.65. The van der Waals surface area contributed by atoms with Crippen LogP contribution >= 0.6 is 0 Å². The molecule has 3 heterocycles. The third-order valence-corrected chi connectivity index (χ3v) is 9.80. The molecule has 0 radical (unpaired) electrons. The molecule has 198 valence electrons. The van der Waals surface area contributed by atoms with E-state index in [1.165, 1.54) is 37.7 Å². The quantitative estimate of drug-likeness (QED) is 0.326. The summed E-state index contributed by atoms with van der Waals surface area (Å²) in [5, 5.41) is 3.75. The number of nitrogens with zero attached hydrogens (tertiary/aromatic N) is 4. The lowest BCUT2D eigenvalue weighted by atomic mass is 9.61. The Balaban J connectivity index is 1.45. The molecule has 0 spiro atoms. The number of aromatic nitrogens is 4. The summed E-state index contributed by atoms with van der Waals surface area (Å²) in [5.74, 6) is -0.0646. The number of Topliss-reactive ketones (excluding diaryl/α,β-unsaturated/α-hetero) is 1. The average Bonchev–Trinajstić information content (AvgIpc) is 3.38. The van der Waals surface area contributed by atoms with E-state index >= 15 is 0 Å². The Morgan fingerprint density at radius 3 is 2.59 bits per heavy atom. The predicted molar refractivity (Wildman–Crippen MR) is 142 cm³/mol. The first-order valence-electron chi connectivity index (χ1n) is 12.6. The highest BCUT2D eigenvalue weighted by Gasteiger charge is 2.52. The van der Waals surface area contributed by atoms with Crippen molar-refractivity contribution < 1.29 is 22.3 Å². The van der Waals surface area contributed by atoms with Crippen LogP contribution in [0.15, 0.2) is 83.8 Å². The topological polar surface area (TPSA) is 104 Å². The Bertz CT molecular complexity index is 1680. The maximum atomic E-state index is 14.3. The second-order valence-corrected chi connectivity index (χ2v) is 12.0. The van der Waals surface area contributed by atoms with Crippen LogP contribution in [0.2, 0.25) is 0 Å². The first kappa shape index (κ1) is 25.1. The molecule has 0 unspecified atom stereocenters. The molecule has 1 fully saturated rings. The molecule has 1 saturated carbocycles. The molecule has 0 saturated heterocycles. The molecular formula is C29H25FN4O4S. The van der Waals surface area contributed by atoms with Crippen molar-refractivity contribution in [3.05, 3.63) is 102 Å². The van der Waals surface area contributed by atoms with E-state index in [9.17, 15) is 17.6 Å². The first-order valence-corrected chi connectivity index (χ1v) is 14.1. The van der Waals surface area contributed by atoms with Gasteiger partial charge in [0.25, 0.3) is 0 Å². The van der Waals surface area contributed by atoms with Crippen LogP contribution in [0, 0.1) is 11.2 Å². The number of carbonyl (C=O) groups excluding carboxylic acids is 1. The van der Waals surface area contributed by atoms with Gasteiger partial charge in [-0.1, -0.05) is 11.6 Å². The van der Waals surface area contributed by atoms with Gasteiger partial charge in [0, 0.05) is 6.20 Å². The minimum absolute atomic E-state index is 0.00762. The SMILES string of the molecule is COc1ccc(C(=O)[C@]23Cc4cnn(-c5ccc(F)cc5)c4C=C2CC[C@H](S(=O)(=O)c2ccccn2)C3)nc1. The maximum absolute atomic E-state index is 14.3. The highest BCUT2D eigenvalue weighted by molar-refractivity contribution is 7.92. The molecule has 2 aliphatic carbocycles. The van der Waals surface area contributed by atoms with Crippen LogP contribution in [-0.4, -0.2) is 46.3 Å². The summed E-state index contributed by atoms with van der Waals surface area (Å²) in [7, 11) is -2.26. The van der Waals surface area contributed by atoms with E-state index in [0.29, 0.717) is 24.3 Å². The Hall–Kier alpha value is -4.18. The fourth-order valence-corrected chi connectivity index (χ4v) is 7.43. The summed E-state index contributed by atoms with van der Waals surface area (Å²) < 4.78 is 47.7. The summed E-state index contributed by atoms with van der Waals surface area (Å²) in [5.41, 5.74) is 2.27. The number of fused-ring (bicyclic) bond motifs is 2. The third-order valence-electron chi connectivity index (χ3n) is 7.69. The van der Waals surface area contributed by atoms with Crippen LogP contribution in [-0.2, 0) is 16.3 Å². The van der Waals surface area contributed by atoms with Crippen molar-refractivity contribution >= 4 is 21.7 Å². The number of rotatable bonds is 6. The Kier molecular flexibility index (Phi) is 6.14. The van der Waals surface area contributed by atoms with Crippen molar-refractivity contribution in [2.24, 2.45) is 5.41 Å². The van der Waals surface area contributed by atoms with Crippen molar-refractivity contribution in [3.63, 3.8) is 0 Å². The van der Waals surface area contributed by atoms with Gasteiger partial charge < -0.3 is 4.74 Å². The summed E-state index contributed by atoms with van der Waals surface area (Å²) in [6.07, 6.45) is 7.72. The van der Waals surface area contributed by atoms with Gasteiger partial charge in [0.1, 0.15) is 17.3 Å². The van der Waals surface area contributed by atoms with Gasteiger partial charge in [0.05, 0.1) is 41.5 Å². The number of carbonyl (C=O) groups is 1. The smallest absolute Gasteiger partial charge is 0.198 e. The summed E-state index contributed by atoms with van der Waals surface area (Å²) in [4.78, 5) is 22.7. The summed E-state index contributed by atoms with van der Waals surface area (Å²) in [6, 6.07) is 14.1. The molecule has 0 amide bonds. The highest BCUT2D eigenvalue weighted by atomic mass is 32.2. The molecule has 3 aromatic heterocycles. The molecule has 2 aliphatic rings. The minimum Gasteiger partial charge on any atom is -0.495 e. The van der Waals surface area contributed by atoms with Crippen LogP contribution in [0.4, 0.5) is 4.39 Å². The van der Waals surface area contributed by atoms with Gasteiger partial charge in [-0.15, -0.1) is 0 Å². The molecule has 0 N–H and O–H groups in total. The van der Waals surface area contributed by atoms with Crippen LogP contribution in [0.1, 0.15) is 41.0 Å². The van der Waals surface area contributed by atoms with Gasteiger partial charge in [-0.2, -0.15) is 5.10 Å². The summed E-state index contributed by atoms with van der Waals surface area (Å²) in [6.45, 7) is 0. The summed E-state index contributed by atoms with van der Waals surface area (Å²) >= 11 is 0. The number of ether oxygens (including phenoxy) is 1. The molecule has 39 heavy (non-hydrogen) atoms. The zero-order valence-electron chi connectivity index (χ0n) is 21.1. The van der Waals surface area contributed by atoms with E-state index in [2.05, 4.69) is 15.1 Å². The van der Waals surface area contributed by atoms with Crippen molar-refractivity contribution in [1.29, 1.82) is 0 Å². The number of sulfone groups is 1. The Morgan fingerprint density at radius 1 is 1.08 bits per heavy atom. The van der Waals surface area contributed by atoms with Gasteiger partial charge >= 0.3 is 0 Å². The largest absolute Gasteiger partial charge is 0.495 e. The fourth-order valence-electron chi connectivity index (χ4n) is 5.68. The molecule has 6 rings (SSSR count). The number of methoxy groups -OCH3 is 1. The molecule has 2 atom stereocenters. The Labute approximate surface area is 225 Å². The zero-order valence-corrected chi connectivity index (χ0v) is 21.9. The van der Waals surface area contributed by atoms with Crippen molar-refractivity contribution in [2.75, 3.05) is 7.11 Å². The number of hydrogen-bond donors (Lipinski definition) is 0.